The number of hydrogen-bond acceptors (Lipinski definition) is 2. The largest absolute Gasteiger partial charge is 0.466 e. The fourth-order valence-corrected chi connectivity index (χ4v) is 5.03. The Morgan fingerprint density at radius 2 is 0.553 bits per heavy atom. The number of rotatable bonds is 30. The number of carbonyl (C=O) groups is 1. The second-order valence-electron chi connectivity index (χ2n) is 11.8. The van der Waals surface area contributed by atoms with Crippen LogP contribution in [-0.4, -0.2) is 12.6 Å². The molecular formula is C36H74O2. The van der Waals surface area contributed by atoms with Gasteiger partial charge in [-0.25, -0.2) is 0 Å². The minimum absolute atomic E-state index is 0.0686. The van der Waals surface area contributed by atoms with Crippen LogP contribution < -0.4 is 0 Å². The van der Waals surface area contributed by atoms with Crippen LogP contribution in [0, 0.1) is 0 Å². The highest BCUT2D eigenvalue weighted by atomic mass is 16.5. The third kappa shape index (κ3) is 40.0. The van der Waals surface area contributed by atoms with Crippen LogP contribution in [0.5, 0.6) is 0 Å². The Morgan fingerprint density at radius 3 is 0.763 bits per heavy atom. The van der Waals surface area contributed by atoms with E-state index < -0.39 is 0 Å². The lowest BCUT2D eigenvalue weighted by Gasteiger charge is -2.03. The summed E-state index contributed by atoms with van der Waals surface area (Å²) >= 11 is 0. The van der Waals surface area contributed by atoms with Crippen molar-refractivity contribution >= 4 is 5.97 Å². The second-order valence-corrected chi connectivity index (χ2v) is 11.8. The van der Waals surface area contributed by atoms with E-state index in [0.717, 1.165) is 6.42 Å². The molecule has 0 aromatic carbocycles. The van der Waals surface area contributed by atoms with Gasteiger partial charge >= 0.3 is 5.97 Å². The number of unbranched alkanes of at least 4 members (excludes halogenated alkanes) is 27. The smallest absolute Gasteiger partial charge is 0.305 e. The highest BCUT2D eigenvalue weighted by molar-refractivity contribution is 5.68. The van der Waals surface area contributed by atoms with Crippen LogP contribution in [-0.2, 0) is 9.53 Å². The van der Waals surface area contributed by atoms with Crippen molar-refractivity contribution in [3.8, 4) is 0 Å². The first kappa shape index (κ1) is 39.6. The minimum Gasteiger partial charge on any atom is -0.466 e. The molecule has 0 spiro atoms. The summed E-state index contributed by atoms with van der Waals surface area (Å²) in [6, 6.07) is 0. The SMILES string of the molecule is CCCCCCCCCCCCCCCCCCCCC.CCCCCCCCCCCCOC(=O)CC. The van der Waals surface area contributed by atoms with Gasteiger partial charge in [0.1, 0.15) is 0 Å². The molecule has 0 atom stereocenters. The molecule has 0 heterocycles. The van der Waals surface area contributed by atoms with Gasteiger partial charge in [0, 0.05) is 6.42 Å². The molecule has 0 aliphatic carbocycles. The van der Waals surface area contributed by atoms with E-state index >= 15 is 0 Å². The van der Waals surface area contributed by atoms with Crippen LogP contribution in [0.1, 0.15) is 220 Å². The third-order valence-corrected chi connectivity index (χ3v) is 7.76. The Labute approximate surface area is 242 Å². The van der Waals surface area contributed by atoms with Crippen LogP contribution in [0.25, 0.3) is 0 Å². The molecule has 0 bridgehead atoms. The van der Waals surface area contributed by atoms with Gasteiger partial charge in [0.25, 0.3) is 0 Å². The summed E-state index contributed by atoms with van der Waals surface area (Å²) in [4.78, 5) is 10.8. The van der Waals surface area contributed by atoms with E-state index in [1.165, 1.54) is 180 Å². The quantitative estimate of drug-likeness (QED) is 0.0671. The summed E-state index contributed by atoms with van der Waals surface area (Å²) in [6.07, 6.45) is 41.6. The highest BCUT2D eigenvalue weighted by Gasteiger charge is 1.98. The molecule has 0 fully saturated rings. The molecule has 0 saturated heterocycles. The van der Waals surface area contributed by atoms with E-state index in [-0.39, 0.29) is 5.97 Å². The summed E-state index contributed by atoms with van der Waals surface area (Å²) in [6.45, 7) is 9.30. The molecular weight excluding hydrogens is 464 g/mol. The molecule has 0 aromatic heterocycles. The normalized spacial score (nSPS) is 10.8. The molecule has 0 radical (unpaired) electrons. The number of ether oxygens (including phenoxy) is 1. The summed E-state index contributed by atoms with van der Waals surface area (Å²) in [5.74, 6) is -0.0686. The lowest BCUT2D eigenvalue weighted by Crippen LogP contribution is -2.03. The summed E-state index contributed by atoms with van der Waals surface area (Å²) < 4.78 is 5.02. The second kappa shape index (κ2) is 38.6. The molecule has 0 rings (SSSR count). The molecule has 0 unspecified atom stereocenters. The fraction of sp³-hybridized carbons (Fsp3) is 0.972. The molecule has 230 valence electrons. The average molecular weight is 539 g/mol. The van der Waals surface area contributed by atoms with Crippen molar-refractivity contribution in [1.29, 1.82) is 0 Å². The van der Waals surface area contributed by atoms with Crippen LogP contribution in [0.4, 0.5) is 0 Å². The van der Waals surface area contributed by atoms with E-state index in [0.29, 0.717) is 13.0 Å². The highest BCUT2D eigenvalue weighted by Crippen LogP contribution is 2.14. The maximum atomic E-state index is 10.8. The summed E-state index contributed by atoms with van der Waals surface area (Å²) in [7, 11) is 0. The van der Waals surface area contributed by atoms with Gasteiger partial charge in [0.15, 0.2) is 0 Å². The van der Waals surface area contributed by atoms with Gasteiger partial charge in [-0.15, -0.1) is 0 Å². The monoisotopic (exact) mass is 539 g/mol. The third-order valence-electron chi connectivity index (χ3n) is 7.76. The average Bonchev–Trinajstić information content (AvgIpc) is 2.93. The fourth-order valence-electron chi connectivity index (χ4n) is 5.03. The van der Waals surface area contributed by atoms with Gasteiger partial charge in [-0.2, -0.15) is 0 Å². The van der Waals surface area contributed by atoms with Gasteiger partial charge in [-0.1, -0.05) is 207 Å². The van der Waals surface area contributed by atoms with Gasteiger partial charge in [0.05, 0.1) is 6.61 Å². The van der Waals surface area contributed by atoms with E-state index in [1.54, 1.807) is 0 Å². The van der Waals surface area contributed by atoms with Gasteiger partial charge in [-0.3, -0.25) is 4.79 Å². The van der Waals surface area contributed by atoms with Crippen molar-refractivity contribution in [3.05, 3.63) is 0 Å². The van der Waals surface area contributed by atoms with Crippen molar-refractivity contribution in [3.63, 3.8) is 0 Å². The van der Waals surface area contributed by atoms with Crippen molar-refractivity contribution in [2.75, 3.05) is 6.61 Å². The van der Waals surface area contributed by atoms with Crippen LogP contribution in [0.2, 0.25) is 0 Å². The Morgan fingerprint density at radius 1 is 0.342 bits per heavy atom. The van der Waals surface area contributed by atoms with E-state index in [4.69, 9.17) is 4.74 Å². The number of carbonyl (C=O) groups excluding carboxylic acids is 1. The molecule has 0 amide bonds. The Kier molecular flexibility index (Phi) is 40.3. The first-order valence-corrected chi connectivity index (χ1v) is 17.9. The number of esters is 1. The standard InChI is InChI=1S/C21H44.C15H30O2/c1-3-5-7-9-11-13-15-17-19-21-20-18-16-14-12-10-8-6-4-2;1-3-5-6-7-8-9-10-11-12-13-14-17-15(16)4-2/h3-21H2,1-2H3;3-14H2,1-2H3. The van der Waals surface area contributed by atoms with Crippen LogP contribution >= 0.6 is 0 Å². The summed E-state index contributed by atoms with van der Waals surface area (Å²) in [5.41, 5.74) is 0. The molecule has 0 aliphatic heterocycles. The zero-order chi connectivity index (χ0) is 28.2. The molecule has 0 saturated carbocycles. The molecule has 0 aliphatic rings. The van der Waals surface area contributed by atoms with Gasteiger partial charge in [0.2, 0.25) is 0 Å². The molecule has 2 nitrogen and oxygen atoms in total. The van der Waals surface area contributed by atoms with E-state index in [2.05, 4.69) is 20.8 Å². The molecule has 2 heteroatoms. The maximum Gasteiger partial charge on any atom is 0.305 e. The van der Waals surface area contributed by atoms with Gasteiger partial charge in [-0.05, 0) is 6.42 Å². The Balaban J connectivity index is 0. The molecule has 0 aromatic rings. The topological polar surface area (TPSA) is 26.3 Å². The zero-order valence-corrected chi connectivity index (χ0v) is 27.2. The molecule has 0 N–H and O–H groups in total. The minimum atomic E-state index is -0.0686. The first-order valence-electron chi connectivity index (χ1n) is 17.9. The lowest BCUT2D eigenvalue weighted by molar-refractivity contribution is -0.143. The maximum absolute atomic E-state index is 10.8. The van der Waals surface area contributed by atoms with Crippen molar-refractivity contribution < 1.29 is 9.53 Å². The zero-order valence-electron chi connectivity index (χ0n) is 27.2. The van der Waals surface area contributed by atoms with E-state index in [9.17, 15) is 4.79 Å². The lowest BCUT2D eigenvalue weighted by atomic mass is 10.0. The number of hydrogen-bond donors (Lipinski definition) is 0. The van der Waals surface area contributed by atoms with Crippen molar-refractivity contribution in [1.82, 2.24) is 0 Å². The van der Waals surface area contributed by atoms with Crippen LogP contribution in [0.3, 0.4) is 0 Å². The molecule has 38 heavy (non-hydrogen) atoms. The Hall–Kier alpha value is -0.530. The van der Waals surface area contributed by atoms with Crippen LogP contribution in [0.15, 0.2) is 0 Å². The van der Waals surface area contributed by atoms with E-state index in [1.807, 2.05) is 6.92 Å². The van der Waals surface area contributed by atoms with Crippen molar-refractivity contribution in [2.24, 2.45) is 0 Å². The predicted molar refractivity (Wildman–Crippen MR) is 172 cm³/mol. The van der Waals surface area contributed by atoms with Crippen molar-refractivity contribution in [2.45, 2.75) is 220 Å². The predicted octanol–water partition coefficient (Wildman–Crippen LogP) is 13.3. The Bertz CT molecular complexity index is 388. The van der Waals surface area contributed by atoms with Gasteiger partial charge < -0.3 is 4.74 Å². The first-order chi connectivity index (χ1) is 18.7. The summed E-state index contributed by atoms with van der Waals surface area (Å²) in [5, 5.41) is 0.